The number of nitrogens with zero attached hydrogens (tertiary/aromatic N) is 8. The number of anilines is 1. The summed E-state index contributed by atoms with van der Waals surface area (Å²) in [4.78, 5) is 34.0. The highest BCUT2D eigenvalue weighted by Gasteiger charge is 2.28. The maximum Gasteiger partial charge on any atom is 0.295 e. The Bertz CT molecular complexity index is 2340. The summed E-state index contributed by atoms with van der Waals surface area (Å²) in [6.07, 6.45) is 5.40. The lowest BCUT2D eigenvalue weighted by molar-refractivity contribution is -0.692. The molecule has 3 aromatic heterocycles. The number of aromatic amines is 2. The average molecular weight is 741 g/mol. The van der Waals surface area contributed by atoms with Crippen molar-refractivity contribution in [2.75, 3.05) is 45.2 Å². The first kappa shape index (κ1) is 37.3. The number of piperidine rings is 1. The van der Waals surface area contributed by atoms with Crippen LogP contribution in [0.4, 0.5) is 5.82 Å². The molecule has 0 bridgehead atoms. The van der Waals surface area contributed by atoms with E-state index in [1.165, 1.54) is 11.9 Å². The third-order valence-corrected chi connectivity index (χ3v) is 10.2. The highest BCUT2D eigenvalue weighted by molar-refractivity contribution is 5.84. The number of methoxy groups -OCH3 is 1. The van der Waals surface area contributed by atoms with E-state index in [2.05, 4.69) is 74.1 Å². The minimum Gasteiger partial charge on any atom is -0.497 e. The lowest BCUT2D eigenvalue weighted by Crippen LogP contribution is -2.49. The van der Waals surface area contributed by atoms with E-state index in [4.69, 9.17) is 30.4 Å². The fourth-order valence-electron chi connectivity index (χ4n) is 7.33. The highest BCUT2D eigenvalue weighted by atomic mass is 16.5. The van der Waals surface area contributed by atoms with Gasteiger partial charge in [-0.25, -0.2) is 14.5 Å². The molecule has 0 saturated carbocycles. The van der Waals surface area contributed by atoms with Crippen LogP contribution in [0, 0.1) is 5.92 Å². The third kappa shape index (κ3) is 8.37. The molecule has 55 heavy (non-hydrogen) atoms. The number of nitrogens with two attached hydrogens (primary N) is 1. The summed E-state index contributed by atoms with van der Waals surface area (Å²) < 4.78 is 7.51. The summed E-state index contributed by atoms with van der Waals surface area (Å²) in [5.74, 6) is 3.95. The van der Waals surface area contributed by atoms with Crippen LogP contribution in [-0.4, -0.2) is 86.5 Å². The van der Waals surface area contributed by atoms with Gasteiger partial charge in [0, 0.05) is 37.3 Å². The number of benzene rings is 3. The molecule has 3 aromatic carbocycles. The maximum atomic E-state index is 9.58. The molecule has 0 amide bonds. The summed E-state index contributed by atoms with van der Waals surface area (Å²) in [5.41, 5.74) is 11.5. The van der Waals surface area contributed by atoms with E-state index in [-0.39, 0.29) is 6.61 Å². The first-order chi connectivity index (χ1) is 26.9. The van der Waals surface area contributed by atoms with E-state index in [1.54, 1.807) is 7.11 Å². The average Bonchev–Trinajstić information content (AvgIpc) is 3.84. The number of aromatic nitrogens is 6. The van der Waals surface area contributed by atoms with Crippen LogP contribution in [0.2, 0.25) is 0 Å². The van der Waals surface area contributed by atoms with Gasteiger partial charge in [-0.15, -0.1) is 0 Å². The highest BCUT2D eigenvalue weighted by Crippen LogP contribution is 2.28. The number of imidazole rings is 2. The third-order valence-electron chi connectivity index (χ3n) is 10.2. The van der Waals surface area contributed by atoms with Gasteiger partial charge in [0.1, 0.15) is 23.6 Å². The minimum absolute atomic E-state index is 0.0272. The van der Waals surface area contributed by atoms with Crippen molar-refractivity contribution in [2.45, 2.75) is 39.6 Å². The maximum absolute atomic E-state index is 9.58. The van der Waals surface area contributed by atoms with Crippen molar-refractivity contribution in [3.63, 3.8) is 0 Å². The van der Waals surface area contributed by atoms with Gasteiger partial charge in [-0.2, -0.15) is 0 Å². The molecule has 1 aliphatic rings. The molecule has 7 rings (SSSR count). The van der Waals surface area contributed by atoms with Crippen molar-refractivity contribution in [1.82, 2.24) is 34.7 Å². The fourth-order valence-corrected chi connectivity index (χ4v) is 7.33. The Labute approximate surface area is 321 Å². The molecule has 1 saturated heterocycles. The molecule has 1 aliphatic heterocycles. The van der Waals surface area contributed by atoms with Crippen molar-refractivity contribution >= 4 is 35.7 Å². The van der Waals surface area contributed by atoms with Gasteiger partial charge < -0.3 is 40.2 Å². The first-order valence-corrected chi connectivity index (χ1v) is 18.8. The zero-order valence-corrected chi connectivity index (χ0v) is 31.8. The quantitative estimate of drug-likeness (QED) is 0.0747. The number of fused-ring (bicyclic) bond motifs is 1. The summed E-state index contributed by atoms with van der Waals surface area (Å²) in [6.45, 7) is 11.0. The van der Waals surface area contributed by atoms with Crippen LogP contribution in [0.5, 0.6) is 5.75 Å². The Morgan fingerprint density at radius 1 is 1.04 bits per heavy atom. The van der Waals surface area contributed by atoms with Crippen LogP contribution in [-0.2, 0) is 19.8 Å². The summed E-state index contributed by atoms with van der Waals surface area (Å²) in [5, 5.41) is 10.8. The molecule has 0 radical (unpaired) electrons. The van der Waals surface area contributed by atoms with Gasteiger partial charge in [-0.05, 0) is 74.7 Å². The SMILES string of the molecule is C=c1[nH]c(-c2ccc(CO)cc2)n/c1=C(/N=C\N)N(CC1CCCN(C)C1)C[n+]1cnc(N(CC)Cc2ccccc2)c2[nH]c(-c3ccc(OC)cc3)nc21. The number of aliphatic hydroxyl groups is 1. The molecular formula is C42H50N11O2+. The Hall–Kier alpha value is -6.05. The molecule has 6 aromatic rings. The van der Waals surface area contributed by atoms with E-state index < -0.39 is 0 Å². The lowest BCUT2D eigenvalue weighted by atomic mass is 9.98. The second kappa shape index (κ2) is 17.0. The normalized spacial score (nSPS) is 15.5. The molecule has 0 aliphatic carbocycles. The van der Waals surface area contributed by atoms with Gasteiger partial charge in [0.25, 0.3) is 5.65 Å². The number of hydrogen-bond donors (Lipinski definition) is 4. The molecule has 5 N–H and O–H groups in total. The molecule has 4 heterocycles. The molecule has 1 unspecified atom stereocenters. The number of likely N-dealkylation sites (tertiary alicyclic amines) is 1. The number of aliphatic imine (C=N–C) groups is 1. The molecule has 13 nitrogen and oxygen atoms in total. The van der Waals surface area contributed by atoms with Crippen molar-refractivity contribution in [1.29, 1.82) is 0 Å². The number of H-pyrrole nitrogens is 2. The Balaban J connectivity index is 1.36. The molecule has 284 valence electrons. The number of hydrogen-bond acceptors (Lipinski definition) is 9. The second-order valence-corrected chi connectivity index (χ2v) is 14.1. The van der Waals surface area contributed by atoms with Crippen LogP contribution in [0.1, 0.15) is 30.9 Å². The van der Waals surface area contributed by atoms with Gasteiger partial charge in [0.05, 0.1) is 25.4 Å². The van der Waals surface area contributed by atoms with Crippen LogP contribution in [0.15, 0.2) is 90.2 Å². The number of aliphatic hydroxyl groups excluding tert-OH is 1. The zero-order valence-electron chi connectivity index (χ0n) is 31.8. The smallest absolute Gasteiger partial charge is 0.295 e. The molecule has 1 atom stereocenters. The standard InChI is InChI=1S/C42H49N11O2/c1-5-51(23-30-10-7-6-8-11-30)41-37-42(49-39(48-37)34-17-19-35(55-4)20-18-34)53(27-45-41)28-52(24-32-12-9-21-50(3)22-32)40(44-26-43)36-29(2)46-38(47-36)33-15-13-31(25-54)14-16-33/h6-8,10-11,13-20,26-27,32,54H,2,5,9,12,21-25,28H2,1,3-4H3,(H3,43,44,46,47)/p+1/b40-36-. The predicted molar refractivity (Wildman–Crippen MR) is 217 cm³/mol. The predicted octanol–water partition coefficient (Wildman–Crippen LogP) is 3.59. The number of rotatable bonds is 14. The van der Waals surface area contributed by atoms with Gasteiger partial charge in [-0.3, -0.25) is 0 Å². The largest absolute Gasteiger partial charge is 0.497 e. The Kier molecular flexibility index (Phi) is 11.5. The second-order valence-electron chi connectivity index (χ2n) is 14.1. The molecule has 13 heteroatoms. The minimum atomic E-state index is -0.0272. The van der Waals surface area contributed by atoms with Crippen LogP contribution in [0.25, 0.3) is 46.3 Å². The van der Waals surface area contributed by atoms with E-state index in [0.29, 0.717) is 48.0 Å². The molecular weight excluding hydrogens is 691 g/mol. The van der Waals surface area contributed by atoms with Gasteiger partial charge in [0.15, 0.2) is 11.3 Å². The van der Waals surface area contributed by atoms with E-state index in [9.17, 15) is 5.11 Å². The van der Waals surface area contributed by atoms with Crippen molar-refractivity contribution in [3.05, 3.63) is 107 Å². The Morgan fingerprint density at radius 3 is 2.44 bits per heavy atom. The monoisotopic (exact) mass is 740 g/mol. The number of nitrogens with one attached hydrogen (secondary N) is 2. The summed E-state index contributed by atoms with van der Waals surface area (Å²) in [7, 11) is 3.84. The van der Waals surface area contributed by atoms with Crippen LogP contribution < -0.4 is 30.6 Å². The van der Waals surface area contributed by atoms with Crippen LogP contribution >= 0.6 is 0 Å². The van der Waals surface area contributed by atoms with Gasteiger partial charge in [-0.1, -0.05) is 71.1 Å². The van der Waals surface area contributed by atoms with E-state index in [0.717, 1.165) is 77.7 Å². The van der Waals surface area contributed by atoms with Crippen molar-refractivity contribution < 1.29 is 14.4 Å². The van der Waals surface area contributed by atoms with E-state index in [1.807, 2.05) is 60.9 Å². The lowest BCUT2D eigenvalue weighted by Gasteiger charge is -2.34. The zero-order chi connectivity index (χ0) is 38.3. The van der Waals surface area contributed by atoms with Crippen molar-refractivity contribution in [2.24, 2.45) is 16.6 Å². The fraction of sp³-hybridized carbons (Fsp3) is 0.310. The first-order valence-electron chi connectivity index (χ1n) is 18.8. The van der Waals surface area contributed by atoms with Gasteiger partial charge >= 0.3 is 0 Å². The summed E-state index contributed by atoms with van der Waals surface area (Å²) >= 11 is 0. The molecule has 1 fully saturated rings. The van der Waals surface area contributed by atoms with Crippen molar-refractivity contribution in [3.8, 4) is 28.5 Å². The topological polar surface area (TPSA) is 152 Å². The number of ether oxygens (including phenoxy) is 1. The Morgan fingerprint density at radius 2 is 1.76 bits per heavy atom. The van der Waals surface area contributed by atoms with Gasteiger partial charge in [0.2, 0.25) is 18.0 Å². The molecule has 0 spiro atoms. The summed E-state index contributed by atoms with van der Waals surface area (Å²) in [6, 6.07) is 26.0. The van der Waals surface area contributed by atoms with Crippen LogP contribution in [0.3, 0.4) is 0 Å². The van der Waals surface area contributed by atoms with E-state index >= 15 is 0 Å².